The average Bonchev–Trinajstić information content (AvgIpc) is 2.30. The maximum absolute atomic E-state index is 2.72. The minimum atomic E-state index is 0. The molecular weight excluding hydrogens is 206 g/mol. The fourth-order valence-electron chi connectivity index (χ4n) is 3.27. The zero-order valence-corrected chi connectivity index (χ0v) is 10.9. The van der Waals surface area contributed by atoms with Gasteiger partial charge in [0.1, 0.15) is 0 Å². The summed E-state index contributed by atoms with van der Waals surface area (Å²) in [6.45, 7) is 0. The van der Waals surface area contributed by atoms with Crippen LogP contribution in [0, 0.1) is 0 Å². The van der Waals surface area contributed by atoms with E-state index in [9.17, 15) is 0 Å². The van der Waals surface area contributed by atoms with Gasteiger partial charge in [0.15, 0.2) is 0 Å². The first kappa shape index (κ1) is 13.3. The van der Waals surface area contributed by atoms with Crippen molar-refractivity contribution in [1.29, 1.82) is 0 Å². The number of nitrogens with zero attached hydrogens (tertiary/aromatic N) is 1. The Bertz CT molecular complexity index is 142. The highest BCUT2D eigenvalue weighted by molar-refractivity contribution is 5.85. The molecule has 2 saturated carbocycles. The van der Waals surface area contributed by atoms with E-state index < -0.39 is 0 Å². The molecule has 0 N–H and O–H groups in total. The van der Waals surface area contributed by atoms with E-state index in [1.54, 1.807) is 0 Å². The Kier molecular flexibility index (Phi) is 5.99. The molecule has 0 aliphatic heterocycles. The topological polar surface area (TPSA) is 3.24 Å². The molecule has 2 rings (SSSR count). The summed E-state index contributed by atoms with van der Waals surface area (Å²) in [6, 6.07) is 1.85. The van der Waals surface area contributed by atoms with Crippen molar-refractivity contribution in [2.75, 3.05) is 7.05 Å². The van der Waals surface area contributed by atoms with E-state index in [1.807, 2.05) is 0 Å². The van der Waals surface area contributed by atoms with Crippen molar-refractivity contribution in [3.8, 4) is 0 Å². The van der Waals surface area contributed by atoms with Gasteiger partial charge in [0.25, 0.3) is 0 Å². The summed E-state index contributed by atoms with van der Waals surface area (Å²) in [4.78, 5) is 2.72. The molecule has 0 saturated heterocycles. The molecule has 2 fully saturated rings. The van der Waals surface area contributed by atoms with E-state index in [2.05, 4.69) is 11.9 Å². The van der Waals surface area contributed by atoms with Crippen molar-refractivity contribution in [2.45, 2.75) is 76.3 Å². The molecule has 0 bridgehead atoms. The fraction of sp³-hybridized carbons (Fsp3) is 1.00. The van der Waals surface area contributed by atoms with Gasteiger partial charge >= 0.3 is 0 Å². The van der Waals surface area contributed by atoms with Crippen molar-refractivity contribution < 1.29 is 0 Å². The minimum Gasteiger partial charge on any atom is -0.300 e. The molecular formula is C13H26ClN. The van der Waals surface area contributed by atoms with Crippen LogP contribution in [0.4, 0.5) is 0 Å². The predicted molar refractivity (Wildman–Crippen MR) is 68.8 cm³/mol. The zero-order valence-electron chi connectivity index (χ0n) is 10.1. The summed E-state index contributed by atoms with van der Waals surface area (Å²) in [5.41, 5.74) is 0. The molecule has 0 radical (unpaired) electrons. The number of rotatable bonds is 2. The largest absolute Gasteiger partial charge is 0.300 e. The summed E-state index contributed by atoms with van der Waals surface area (Å²) in [6.07, 6.45) is 14.7. The van der Waals surface area contributed by atoms with Crippen LogP contribution in [0.25, 0.3) is 0 Å². The molecule has 0 aromatic carbocycles. The number of halogens is 1. The van der Waals surface area contributed by atoms with Crippen molar-refractivity contribution in [3.05, 3.63) is 0 Å². The van der Waals surface area contributed by atoms with Gasteiger partial charge < -0.3 is 4.90 Å². The van der Waals surface area contributed by atoms with Crippen LogP contribution in [0.5, 0.6) is 0 Å². The molecule has 0 unspecified atom stereocenters. The van der Waals surface area contributed by atoms with E-state index >= 15 is 0 Å². The molecule has 0 spiro atoms. The highest BCUT2D eigenvalue weighted by Crippen LogP contribution is 2.28. The van der Waals surface area contributed by atoms with Gasteiger partial charge in [-0.05, 0) is 32.7 Å². The summed E-state index contributed by atoms with van der Waals surface area (Å²) in [5.74, 6) is 0. The minimum absolute atomic E-state index is 0. The van der Waals surface area contributed by atoms with Crippen LogP contribution in [-0.2, 0) is 0 Å². The molecule has 0 aromatic rings. The molecule has 2 heteroatoms. The second kappa shape index (κ2) is 6.75. The van der Waals surface area contributed by atoms with E-state index in [0.717, 1.165) is 12.1 Å². The van der Waals surface area contributed by atoms with Crippen LogP contribution in [0.3, 0.4) is 0 Å². The van der Waals surface area contributed by atoms with E-state index in [1.165, 1.54) is 64.2 Å². The molecule has 0 amide bonds. The van der Waals surface area contributed by atoms with Crippen LogP contribution >= 0.6 is 12.4 Å². The molecule has 0 heterocycles. The second-order valence-electron chi connectivity index (χ2n) is 5.25. The standard InChI is InChI=1S/C13H25N.ClH/c1-14(12-8-4-2-5-9-12)13-10-6-3-7-11-13;/h12-13H,2-11H2,1H3;1H. The van der Waals surface area contributed by atoms with Gasteiger partial charge in [-0.1, -0.05) is 38.5 Å². The fourth-order valence-corrected chi connectivity index (χ4v) is 3.27. The third-order valence-electron chi connectivity index (χ3n) is 4.30. The molecule has 2 aliphatic rings. The van der Waals surface area contributed by atoms with E-state index in [-0.39, 0.29) is 12.4 Å². The summed E-state index contributed by atoms with van der Waals surface area (Å²) < 4.78 is 0. The zero-order chi connectivity index (χ0) is 9.80. The Hall–Kier alpha value is 0.250. The maximum Gasteiger partial charge on any atom is 0.00951 e. The van der Waals surface area contributed by atoms with Crippen LogP contribution in [0.15, 0.2) is 0 Å². The van der Waals surface area contributed by atoms with Crippen LogP contribution in [0.1, 0.15) is 64.2 Å². The van der Waals surface area contributed by atoms with Gasteiger partial charge in [0.2, 0.25) is 0 Å². The maximum atomic E-state index is 2.72. The van der Waals surface area contributed by atoms with Gasteiger partial charge in [-0.15, -0.1) is 12.4 Å². The van der Waals surface area contributed by atoms with Crippen molar-refractivity contribution in [2.24, 2.45) is 0 Å². The lowest BCUT2D eigenvalue weighted by Gasteiger charge is -2.39. The number of hydrogen-bond donors (Lipinski definition) is 0. The summed E-state index contributed by atoms with van der Waals surface area (Å²) >= 11 is 0. The second-order valence-corrected chi connectivity index (χ2v) is 5.25. The molecule has 0 aromatic heterocycles. The average molecular weight is 232 g/mol. The third kappa shape index (κ3) is 3.64. The molecule has 90 valence electrons. The van der Waals surface area contributed by atoms with Gasteiger partial charge in [-0.2, -0.15) is 0 Å². The van der Waals surface area contributed by atoms with Crippen molar-refractivity contribution >= 4 is 12.4 Å². The normalized spacial score (nSPS) is 25.2. The highest BCUT2D eigenvalue weighted by atomic mass is 35.5. The SMILES string of the molecule is CN(C1CCCCC1)C1CCCCC1.Cl. The van der Waals surface area contributed by atoms with Gasteiger partial charge in [0, 0.05) is 12.1 Å². The summed E-state index contributed by atoms with van der Waals surface area (Å²) in [7, 11) is 2.38. The van der Waals surface area contributed by atoms with E-state index in [0.29, 0.717) is 0 Å². The lowest BCUT2D eigenvalue weighted by molar-refractivity contribution is 0.111. The molecule has 15 heavy (non-hydrogen) atoms. The highest BCUT2D eigenvalue weighted by Gasteiger charge is 2.25. The van der Waals surface area contributed by atoms with Gasteiger partial charge in [0.05, 0.1) is 0 Å². The summed E-state index contributed by atoms with van der Waals surface area (Å²) in [5, 5.41) is 0. The molecule has 0 atom stereocenters. The first-order valence-electron chi connectivity index (χ1n) is 6.60. The first-order chi connectivity index (χ1) is 6.88. The van der Waals surface area contributed by atoms with Crippen LogP contribution in [0.2, 0.25) is 0 Å². The molecule has 1 nitrogen and oxygen atoms in total. The Labute approximate surface area is 101 Å². The monoisotopic (exact) mass is 231 g/mol. The lowest BCUT2D eigenvalue weighted by Crippen LogP contribution is -2.42. The Morgan fingerprint density at radius 1 is 0.667 bits per heavy atom. The Balaban J connectivity index is 0.00000112. The van der Waals surface area contributed by atoms with E-state index in [4.69, 9.17) is 0 Å². The predicted octanol–water partition coefficient (Wildman–Crippen LogP) is 4.01. The molecule has 2 aliphatic carbocycles. The van der Waals surface area contributed by atoms with Gasteiger partial charge in [-0.3, -0.25) is 0 Å². The first-order valence-corrected chi connectivity index (χ1v) is 6.60. The van der Waals surface area contributed by atoms with Crippen molar-refractivity contribution in [1.82, 2.24) is 4.90 Å². The quantitative estimate of drug-likeness (QED) is 0.694. The lowest BCUT2D eigenvalue weighted by atomic mass is 9.89. The Morgan fingerprint density at radius 2 is 1.00 bits per heavy atom. The Morgan fingerprint density at radius 3 is 1.33 bits per heavy atom. The third-order valence-corrected chi connectivity index (χ3v) is 4.30. The van der Waals surface area contributed by atoms with Crippen LogP contribution in [-0.4, -0.2) is 24.0 Å². The number of hydrogen-bond acceptors (Lipinski definition) is 1. The van der Waals surface area contributed by atoms with Crippen LogP contribution < -0.4 is 0 Å². The smallest absolute Gasteiger partial charge is 0.00951 e. The van der Waals surface area contributed by atoms with Gasteiger partial charge in [-0.25, -0.2) is 0 Å². The van der Waals surface area contributed by atoms with Crippen molar-refractivity contribution in [3.63, 3.8) is 0 Å².